The molecule has 1 heterocycles. The summed E-state index contributed by atoms with van der Waals surface area (Å²) in [6, 6.07) is 18.9. The minimum atomic E-state index is -0.298. The van der Waals surface area contributed by atoms with Crippen molar-refractivity contribution in [2.75, 3.05) is 25.4 Å². The predicted molar refractivity (Wildman–Crippen MR) is 122 cm³/mol. The lowest BCUT2D eigenvalue weighted by Gasteiger charge is -2.14. The van der Waals surface area contributed by atoms with E-state index < -0.39 is 0 Å². The number of thioether (sulfide) groups is 1. The zero-order chi connectivity index (χ0) is 22.7. The van der Waals surface area contributed by atoms with Crippen LogP contribution in [0.15, 0.2) is 71.6 Å². The highest BCUT2D eigenvalue weighted by molar-refractivity contribution is 7.99. The molecule has 0 spiro atoms. The Morgan fingerprint density at radius 1 is 0.875 bits per heavy atom. The Kier molecular flexibility index (Phi) is 6.13. The molecule has 0 aromatic heterocycles. The van der Waals surface area contributed by atoms with Crippen LogP contribution in [0.4, 0.5) is 5.69 Å². The maximum Gasteiger partial charge on any atom is 0.262 e. The summed E-state index contributed by atoms with van der Waals surface area (Å²) in [5, 5.41) is 2.85. The van der Waals surface area contributed by atoms with Gasteiger partial charge in [0.05, 0.1) is 31.2 Å². The third-order valence-corrected chi connectivity index (χ3v) is 5.95. The Bertz CT molecular complexity index is 1180. The van der Waals surface area contributed by atoms with Crippen LogP contribution in [0.3, 0.4) is 0 Å². The largest absolute Gasteiger partial charge is 0.493 e. The summed E-state index contributed by atoms with van der Waals surface area (Å²) in [6.07, 6.45) is 0. The van der Waals surface area contributed by atoms with Crippen molar-refractivity contribution in [3.8, 4) is 11.5 Å². The molecule has 3 aromatic rings. The molecule has 7 nitrogen and oxygen atoms in total. The number of ether oxygens (including phenoxy) is 2. The SMILES string of the molecule is COc1ccc(C(=O)Nc2cccc(SCN3C(=O)c4ccccc4C3=O)c2)cc1OC. The van der Waals surface area contributed by atoms with Crippen molar-refractivity contribution < 1.29 is 23.9 Å². The van der Waals surface area contributed by atoms with E-state index in [9.17, 15) is 14.4 Å². The fraction of sp³-hybridized carbons (Fsp3) is 0.125. The number of rotatable bonds is 7. The summed E-state index contributed by atoms with van der Waals surface area (Å²) in [5.74, 6) is 0.292. The predicted octanol–water partition coefficient (Wildman–Crippen LogP) is 4.30. The number of carbonyl (C=O) groups excluding carboxylic acids is 3. The first-order chi connectivity index (χ1) is 15.5. The van der Waals surface area contributed by atoms with E-state index >= 15 is 0 Å². The number of methoxy groups -OCH3 is 2. The number of carbonyl (C=O) groups is 3. The number of anilines is 1. The summed E-state index contributed by atoms with van der Waals surface area (Å²) in [6.45, 7) is 0. The molecule has 32 heavy (non-hydrogen) atoms. The van der Waals surface area contributed by atoms with Gasteiger partial charge < -0.3 is 14.8 Å². The van der Waals surface area contributed by atoms with Crippen LogP contribution in [0, 0.1) is 0 Å². The van der Waals surface area contributed by atoms with Crippen LogP contribution in [-0.2, 0) is 0 Å². The van der Waals surface area contributed by atoms with Crippen LogP contribution < -0.4 is 14.8 Å². The number of hydrogen-bond donors (Lipinski definition) is 1. The van der Waals surface area contributed by atoms with E-state index in [1.165, 1.54) is 30.9 Å². The van der Waals surface area contributed by atoms with Gasteiger partial charge >= 0.3 is 0 Å². The summed E-state index contributed by atoms with van der Waals surface area (Å²) >= 11 is 1.34. The van der Waals surface area contributed by atoms with Crippen LogP contribution in [0.2, 0.25) is 0 Å². The van der Waals surface area contributed by atoms with E-state index in [0.29, 0.717) is 33.9 Å². The molecule has 4 rings (SSSR count). The molecule has 0 atom stereocenters. The molecule has 0 fully saturated rings. The molecule has 1 N–H and O–H groups in total. The molecule has 0 bridgehead atoms. The highest BCUT2D eigenvalue weighted by Gasteiger charge is 2.34. The summed E-state index contributed by atoms with van der Waals surface area (Å²) < 4.78 is 10.4. The smallest absolute Gasteiger partial charge is 0.262 e. The average Bonchev–Trinajstić information content (AvgIpc) is 3.07. The average molecular weight is 449 g/mol. The molecule has 0 unspecified atom stereocenters. The van der Waals surface area contributed by atoms with Crippen molar-refractivity contribution >= 4 is 35.2 Å². The van der Waals surface area contributed by atoms with Gasteiger partial charge in [0, 0.05) is 16.1 Å². The number of nitrogens with one attached hydrogen (secondary N) is 1. The third-order valence-electron chi connectivity index (χ3n) is 4.98. The van der Waals surface area contributed by atoms with Crippen LogP contribution in [0.25, 0.3) is 0 Å². The minimum absolute atomic E-state index is 0.180. The lowest BCUT2D eigenvalue weighted by Crippen LogP contribution is -2.29. The molecule has 162 valence electrons. The Hall–Kier alpha value is -3.78. The van der Waals surface area contributed by atoms with Gasteiger partial charge in [-0.25, -0.2) is 0 Å². The van der Waals surface area contributed by atoms with Gasteiger partial charge in [0.1, 0.15) is 0 Å². The molecule has 0 radical (unpaired) electrons. The van der Waals surface area contributed by atoms with Crippen molar-refractivity contribution in [2.45, 2.75) is 4.90 Å². The summed E-state index contributed by atoms with van der Waals surface area (Å²) in [5.41, 5.74) is 1.87. The monoisotopic (exact) mass is 448 g/mol. The quantitative estimate of drug-likeness (QED) is 0.429. The van der Waals surface area contributed by atoms with Gasteiger partial charge in [-0.05, 0) is 48.5 Å². The standard InChI is InChI=1S/C24H20N2O5S/c1-30-20-11-10-15(12-21(20)31-2)22(27)25-16-6-5-7-17(13-16)32-14-26-23(28)18-8-3-4-9-19(18)24(26)29/h3-13H,14H2,1-2H3,(H,25,27). The van der Waals surface area contributed by atoms with E-state index in [2.05, 4.69) is 5.32 Å². The number of hydrogen-bond acceptors (Lipinski definition) is 6. The van der Waals surface area contributed by atoms with E-state index in [4.69, 9.17) is 9.47 Å². The minimum Gasteiger partial charge on any atom is -0.493 e. The van der Waals surface area contributed by atoms with Crippen molar-refractivity contribution in [1.82, 2.24) is 4.90 Å². The van der Waals surface area contributed by atoms with Gasteiger partial charge in [-0.15, -0.1) is 11.8 Å². The van der Waals surface area contributed by atoms with Crippen molar-refractivity contribution in [3.05, 3.63) is 83.4 Å². The van der Waals surface area contributed by atoms with Gasteiger partial charge in [-0.2, -0.15) is 0 Å². The first-order valence-corrected chi connectivity index (χ1v) is 10.7. The Morgan fingerprint density at radius 3 is 2.22 bits per heavy atom. The topological polar surface area (TPSA) is 84.9 Å². The normalized spacial score (nSPS) is 12.5. The van der Waals surface area contributed by atoms with Crippen LogP contribution in [-0.4, -0.2) is 42.7 Å². The second kappa shape index (κ2) is 9.15. The number of nitrogens with zero attached hydrogens (tertiary/aromatic N) is 1. The van der Waals surface area contributed by atoms with Crippen molar-refractivity contribution in [2.24, 2.45) is 0 Å². The Labute approximate surface area is 189 Å². The maximum atomic E-state index is 12.7. The lowest BCUT2D eigenvalue weighted by molar-refractivity contribution is 0.0683. The molecular formula is C24H20N2O5S. The highest BCUT2D eigenvalue weighted by Crippen LogP contribution is 2.30. The zero-order valence-corrected chi connectivity index (χ0v) is 18.3. The molecule has 1 aliphatic rings. The fourth-order valence-electron chi connectivity index (χ4n) is 3.34. The third kappa shape index (κ3) is 4.17. The number of imide groups is 1. The first-order valence-electron chi connectivity index (χ1n) is 9.73. The molecule has 3 aromatic carbocycles. The summed E-state index contributed by atoms with van der Waals surface area (Å²) in [7, 11) is 3.04. The van der Waals surface area contributed by atoms with Gasteiger partial charge in [0.15, 0.2) is 11.5 Å². The second-order valence-corrected chi connectivity index (χ2v) is 7.93. The molecule has 1 aliphatic heterocycles. The summed E-state index contributed by atoms with van der Waals surface area (Å²) in [4.78, 5) is 39.7. The number of fused-ring (bicyclic) bond motifs is 1. The van der Waals surface area contributed by atoms with Gasteiger partial charge in [0.2, 0.25) is 0 Å². The van der Waals surface area contributed by atoms with E-state index in [-0.39, 0.29) is 23.6 Å². The van der Waals surface area contributed by atoms with Crippen molar-refractivity contribution in [3.63, 3.8) is 0 Å². The first kappa shape index (κ1) is 21.5. The van der Waals surface area contributed by atoms with E-state index in [1.54, 1.807) is 60.7 Å². The fourth-order valence-corrected chi connectivity index (χ4v) is 4.24. The van der Waals surface area contributed by atoms with Gasteiger partial charge in [0.25, 0.3) is 17.7 Å². The van der Waals surface area contributed by atoms with Crippen LogP contribution in [0.5, 0.6) is 11.5 Å². The van der Waals surface area contributed by atoms with Crippen LogP contribution >= 0.6 is 11.8 Å². The zero-order valence-electron chi connectivity index (χ0n) is 17.5. The number of benzene rings is 3. The maximum absolute atomic E-state index is 12.7. The molecule has 0 saturated carbocycles. The van der Waals surface area contributed by atoms with Gasteiger partial charge in [-0.1, -0.05) is 18.2 Å². The molecule has 0 saturated heterocycles. The molecule has 3 amide bonds. The molecular weight excluding hydrogens is 428 g/mol. The Balaban J connectivity index is 1.43. The highest BCUT2D eigenvalue weighted by atomic mass is 32.2. The second-order valence-electron chi connectivity index (χ2n) is 6.91. The van der Waals surface area contributed by atoms with E-state index in [0.717, 1.165) is 4.90 Å². The van der Waals surface area contributed by atoms with Crippen LogP contribution in [0.1, 0.15) is 31.1 Å². The van der Waals surface area contributed by atoms with E-state index in [1.807, 2.05) is 6.07 Å². The lowest BCUT2D eigenvalue weighted by atomic mass is 10.1. The van der Waals surface area contributed by atoms with Crippen molar-refractivity contribution in [1.29, 1.82) is 0 Å². The van der Waals surface area contributed by atoms with Gasteiger partial charge in [-0.3, -0.25) is 19.3 Å². The number of amides is 3. The molecule has 0 aliphatic carbocycles. The Morgan fingerprint density at radius 2 is 1.56 bits per heavy atom. The molecule has 8 heteroatoms.